The van der Waals surface area contributed by atoms with Crippen LogP contribution < -0.4 is 14.2 Å². The van der Waals surface area contributed by atoms with E-state index < -0.39 is 10.0 Å². The van der Waals surface area contributed by atoms with Crippen molar-refractivity contribution in [1.82, 2.24) is 4.72 Å². The van der Waals surface area contributed by atoms with Gasteiger partial charge in [0.15, 0.2) is 11.5 Å². The minimum atomic E-state index is -3.55. The summed E-state index contributed by atoms with van der Waals surface area (Å²) in [5.74, 6) is 0.633. The maximum absolute atomic E-state index is 13.0. The van der Waals surface area contributed by atoms with Crippen molar-refractivity contribution in [3.63, 3.8) is 0 Å². The minimum absolute atomic E-state index is 0.188. The zero-order chi connectivity index (χ0) is 18.0. The van der Waals surface area contributed by atoms with Crippen molar-refractivity contribution < 1.29 is 22.3 Å². The van der Waals surface area contributed by atoms with E-state index in [1.807, 2.05) is 12.1 Å². The molecule has 7 heteroatoms. The number of sulfonamides is 1. The van der Waals surface area contributed by atoms with Crippen molar-refractivity contribution in [2.45, 2.75) is 24.6 Å². The topological polar surface area (TPSA) is 64.6 Å². The predicted octanol–water partition coefficient (Wildman–Crippen LogP) is 2.95. The normalized spacial score (nSPS) is 16.5. The number of hydrogen-bond donors (Lipinski definition) is 1. The van der Waals surface area contributed by atoms with Crippen molar-refractivity contribution in [3.8, 4) is 11.5 Å². The number of rotatable bonds is 6. The molecule has 2 aromatic rings. The number of benzene rings is 2. The summed E-state index contributed by atoms with van der Waals surface area (Å²) in [6.07, 6.45) is 1.44. The molecule has 0 fully saturated rings. The molecule has 0 aliphatic heterocycles. The Hall–Kier alpha value is -2.12. The summed E-state index contributed by atoms with van der Waals surface area (Å²) in [7, 11) is -0.433. The van der Waals surface area contributed by atoms with Gasteiger partial charge in [0.25, 0.3) is 0 Å². The van der Waals surface area contributed by atoms with Crippen LogP contribution in [0.2, 0.25) is 0 Å². The zero-order valence-electron chi connectivity index (χ0n) is 14.1. The molecule has 0 spiro atoms. The third-order valence-electron chi connectivity index (χ3n) is 4.31. The SMILES string of the molecule is COc1cc2c(cc1OC)C(NS(=O)(=O)Cc1ccc(F)cc1)CC2. The Morgan fingerprint density at radius 3 is 2.40 bits per heavy atom. The lowest BCUT2D eigenvalue weighted by Crippen LogP contribution is -2.28. The van der Waals surface area contributed by atoms with Crippen molar-refractivity contribution in [2.24, 2.45) is 0 Å². The monoisotopic (exact) mass is 365 g/mol. The molecule has 1 aliphatic rings. The predicted molar refractivity (Wildman–Crippen MR) is 92.8 cm³/mol. The molecule has 1 atom stereocenters. The minimum Gasteiger partial charge on any atom is -0.493 e. The number of methoxy groups -OCH3 is 2. The molecule has 1 N–H and O–H groups in total. The number of hydrogen-bond acceptors (Lipinski definition) is 4. The number of ether oxygens (including phenoxy) is 2. The summed E-state index contributed by atoms with van der Waals surface area (Å²) < 4.78 is 51.2. The van der Waals surface area contributed by atoms with Gasteiger partial charge in [-0.25, -0.2) is 17.5 Å². The van der Waals surface area contributed by atoms with E-state index in [0.717, 1.165) is 17.5 Å². The molecule has 134 valence electrons. The van der Waals surface area contributed by atoms with Crippen molar-refractivity contribution >= 4 is 10.0 Å². The van der Waals surface area contributed by atoms with Gasteiger partial charge in [-0.2, -0.15) is 0 Å². The quantitative estimate of drug-likeness (QED) is 0.855. The Kier molecular flexibility index (Phi) is 4.96. The van der Waals surface area contributed by atoms with Crippen LogP contribution in [0.15, 0.2) is 36.4 Å². The van der Waals surface area contributed by atoms with Crippen LogP contribution >= 0.6 is 0 Å². The number of nitrogens with one attached hydrogen (secondary N) is 1. The number of aryl methyl sites for hydroxylation is 1. The first-order valence-corrected chi connectivity index (χ1v) is 9.56. The van der Waals surface area contributed by atoms with Gasteiger partial charge in [-0.3, -0.25) is 0 Å². The smallest absolute Gasteiger partial charge is 0.216 e. The third kappa shape index (κ3) is 3.93. The fraction of sp³-hybridized carbons (Fsp3) is 0.333. The molecule has 0 radical (unpaired) electrons. The highest BCUT2D eigenvalue weighted by atomic mass is 32.2. The Morgan fingerprint density at radius 1 is 1.12 bits per heavy atom. The van der Waals surface area contributed by atoms with Crippen LogP contribution in [0, 0.1) is 5.82 Å². The average molecular weight is 365 g/mol. The summed E-state index contributed by atoms with van der Waals surface area (Å²) >= 11 is 0. The van der Waals surface area contributed by atoms with E-state index in [1.54, 1.807) is 14.2 Å². The molecular weight excluding hydrogens is 345 g/mol. The van der Waals surface area contributed by atoms with Gasteiger partial charge in [0.1, 0.15) is 5.82 Å². The Morgan fingerprint density at radius 2 is 1.76 bits per heavy atom. The molecule has 0 heterocycles. The number of fused-ring (bicyclic) bond motifs is 1. The second-order valence-electron chi connectivity index (χ2n) is 6.00. The van der Waals surface area contributed by atoms with Crippen molar-refractivity contribution in [2.75, 3.05) is 14.2 Å². The van der Waals surface area contributed by atoms with Gasteiger partial charge in [0, 0.05) is 6.04 Å². The lowest BCUT2D eigenvalue weighted by atomic mass is 10.1. The molecule has 3 rings (SSSR count). The molecule has 1 aliphatic carbocycles. The maximum atomic E-state index is 13.0. The third-order valence-corrected chi connectivity index (χ3v) is 5.67. The molecule has 5 nitrogen and oxygen atoms in total. The van der Waals surface area contributed by atoms with Crippen LogP contribution in [-0.2, 0) is 22.2 Å². The van der Waals surface area contributed by atoms with E-state index in [4.69, 9.17) is 9.47 Å². The van der Waals surface area contributed by atoms with Gasteiger partial charge < -0.3 is 9.47 Å². The van der Waals surface area contributed by atoms with Crippen LogP contribution in [0.3, 0.4) is 0 Å². The standard InChI is InChI=1S/C18H20FNO4S/c1-23-17-9-13-5-8-16(15(13)10-18(17)24-2)20-25(21,22)11-12-3-6-14(19)7-4-12/h3-4,6-7,9-10,16,20H,5,8,11H2,1-2H3. The van der Waals surface area contributed by atoms with Crippen LogP contribution in [0.4, 0.5) is 4.39 Å². The zero-order valence-corrected chi connectivity index (χ0v) is 14.9. The largest absolute Gasteiger partial charge is 0.493 e. The van der Waals surface area contributed by atoms with E-state index >= 15 is 0 Å². The van der Waals surface area contributed by atoms with E-state index in [0.29, 0.717) is 23.5 Å². The van der Waals surface area contributed by atoms with E-state index in [2.05, 4.69) is 4.72 Å². The van der Waals surface area contributed by atoms with Gasteiger partial charge in [-0.15, -0.1) is 0 Å². The Balaban J connectivity index is 1.79. The first-order valence-electron chi connectivity index (χ1n) is 7.91. The molecule has 0 amide bonds. The van der Waals surface area contributed by atoms with Crippen molar-refractivity contribution in [1.29, 1.82) is 0 Å². The molecule has 0 saturated carbocycles. The molecule has 1 unspecified atom stereocenters. The molecule has 0 saturated heterocycles. The lowest BCUT2D eigenvalue weighted by Gasteiger charge is -2.16. The van der Waals surface area contributed by atoms with E-state index in [9.17, 15) is 12.8 Å². The fourth-order valence-corrected chi connectivity index (χ4v) is 4.51. The Bertz CT molecular complexity index is 865. The highest BCUT2D eigenvalue weighted by Crippen LogP contribution is 2.39. The fourth-order valence-electron chi connectivity index (χ4n) is 3.11. The summed E-state index contributed by atoms with van der Waals surface area (Å²) in [5, 5.41) is 0. The molecule has 0 bridgehead atoms. The van der Waals surface area contributed by atoms with Gasteiger partial charge in [-0.1, -0.05) is 12.1 Å². The summed E-state index contributed by atoms with van der Waals surface area (Å²) in [5.41, 5.74) is 2.49. The van der Waals surface area contributed by atoms with Gasteiger partial charge >= 0.3 is 0 Å². The van der Waals surface area contributed by atoms with E-state index in [1.165, 1.54) is 24.3 Å². The first-order chi connectivity index (χ1) is 11.9. The number of halogens is 1. The van der Waals surface area contributed by atoms with Crippen LogP contribution in [-0.4, -0.2) is 22.6 Å². The van der Waals surface area contributed by atoms with Gasteiger partial charge in [0.05, 0.1) is 20.0 Å². The maximum Gasteiger partial charge on any atom is 0.216 e. The average Bonchev–Trinajstić information content (AvgIpc) is 2.96. The highest BCUT2D eigenvalue weighted by molar-refractivity contribution is 7.88. The molecule has 25 heavy (non-hydrogen) atoms. The summed E-state index contributed by atoms with van der Waals surface area (Å²) in [6.45, 7) is 0. The summed E-state index contributed by atoms with van der Waals surface area (Å²) in [4.78, 5) is 0. The van der Waals surface area contributed by atoms with Crippen LogP contribution in [0.25, 0.3) is 0 Å². The summed E-state index contributed by atoms with van der Waals surface area (Å²) in [6, 6.07) is 8.88. The van der Waals surface area contributed by atoms with Gasteiger partial charge in [0.2, 0.25) is 10.0 Å². The van der Waals surface area contributed by atoms with E-state index in [-0.39, 0.29) is 17.6 Å². The van der Waals surface area contributed by atoms with Crippen LogP contribution in [0.1, 0.15) is 29.2 Å². The second-order valence-corrected chi connectivity index (χ2v) is 7.75. The van der Waals surface area contributed by atoms with Gasteiger partial charge in [-0.05, 0) is 53.8 Å². The highest BCUT2D eigenvalue weighted by Gasteiger charge is 2.28. The van der Waals surface area contributed by atoms with Crippen molar-refractivity contribution in [3.05, 3.63) is 58.9 Å². The lowest BCUT2D eigenvalue weighted by molar-refractivity contribution is 0.354. The second kappa shape index (κ2) is 7.01. The Labute approximate surface area is 146 Å². The van der Waals surface area contributed by atoms with Crippen LogP contribution in [0.5, 0.6) is 11.5 Å². The molecular formula is C18H20FNO4S. The molecule has 0 aromatic heterocycles. The molecule has 2 aromatic carbocycles. The first kappa shape index (κ1) is 17.7.